The first-order valence-electron chi connectivity index (χ1n) is 7.16. The largest absolute Gasteiger partial charge is 0.350 e. The molecule has 0 aliphatic rings. The van der Waals surface area contributed by atoms with Crippen molar-refractivity contribution in [3.63, 3.8) is 0 Å². The molecule has 0 spiro atoms. The summed E-state index contributed by atoms with van der Waals surface area (Å²) in [4.78, 5) is 15.4. The van der Waals surface area contributed by atoms with Crippen LogP contribution in [0.2, 0.25) is 0 Å². The zero-order chi connectivity index (χ0) is 14.1. The fourth-order valence-electron chi connectivity index (χ4n) is 1.92. The minimum Gasteiger partial charge on any atom is -0.350 e. The van der Waals surface area contributed by atoms with Gasteiger partial charge in [0, 0.05) is 10.9 Å². The Bertz CT molecular complexity index is 349. The Morgan fingerprint density at radius 1 is 1.42 bits per heavy atom. The van der Waals surface area contributed by atoms with E-state index in [1.165, 1.54) is 24.1 Å². The van der Waals surface area contributed by atoms with Crippen molar-refractivity contribution in [3.8, 4) is 0 Å². The average molecular weight is 282 g/mol. The third-order valence-electron chi connectivity index (χ3n) is 3.17. The summed E-state index contributed by atoms with van der Waals surface area (Å²) in [7, 11) is 0. The minimum absolute atomic E-state index is 0.124. The predicted molar refractivity (Wildman–Crippen MR) is 82.4 cm³/mol. The molecule has 0 aliphatic heterocycles. The van der Waals surface area contributed by atoms with Crippen molar-refractivity contribution < 1.29 is 4.79 Å². The van der Waals surface area contributed by atoms with E-state index in [1.54, 1.807) is 11.3 Å². The molecule has 0 bridgehead atoms. The molecule has 3 nitrogen and oxygen atoms in total. The third kappa shape index (κ3) is 6.73. The molecule has 1 N–H and O–H groups in total. The van der Waals surface area contributed by atoms with Crippen LogP contribution in [0.3, 0.4) is 0 Å². The summed E-state index contributed by atoms with van der Waals surface area (Å²) >= 11 is 1.68. The number of nitrogens with one attached hydrogen (secondary N) is 1. The molecule has 0 aliphatic carbocycles. The maximum absolute atomic E-state index is 11.9. The fourth-order valence-corrected chi connectivity index (χ4v) is 2.57. The molecule has 4 heteroatoms. The van der Waals surface area contributed by atoms with Gasteiger partial charge in [0.25, 0.3) is 0 Å². The normalized spacial score (nSPS) is 11.2. The van der Waals surface area contributed by atoms with Crippen LogP contribution in [-0.2, 0) is 11.3 Å². The number of carbonyl (C=O) groups excluding carboxylic acids is 1. The van der Waals surface area contributed by atoms with Gasteiger partial charge in [0.2, 0.25) is 5.91 Å². The van der Waals surface area contributed by atoms with Crippen molar-refractivity contribution in [2.24, 2.45) is 0 Å². The standard InChI is InChI=1S/C15H26N2OS/c1-4-5-6-9-17(13(2)3)12-15(18)16-11-14-8-7-10-19-14/h7-8,10,13H,4-6,9,11-12H2,1-3H3,(H,16,18). The van der Waals surface area contributed by atoms with Crippen LogP contribution in [0.4, 0.5) is 0 Å². The highest BCUT2D eigenvalue weighted by molar-refractivity contribution is 7.09. The van der Waals surface area contributed by atoms with Crippen LogP contribution in [0.1, 0.15) is 44.9 Å². The van der Waals surface area contributed by atoms with Gasteiger partial charge in [-0.05, 0) is 38.3 Å². The molecule has 1 heterocycles. The van der Waals surface area contributed by atoms with Gasteiger partial charge in [-0.3, -0.25) is 9.69 Å². The number of carbonyl (C=O) groups is 1. The monoisotopic (exact) mass is 282 g/mol. The first-order valence-corrected chi connectivity index (χ1v) is 8.04. The zero-order valence-corrected chi connectivity index (χ0v) is 13.1. The Morgan fingerprint density at radius 3 is 2.79 bits per heavy atom. The van der Waals surface area contributed by atoms with Gasteiger partial charge in [0.05, 0.1) is 13.1 Å². The molecule has 19 heavy (non-hydrogen) atoms. The quantitative estimate of drug-likeness (QED) is 0.705. The maximum Gasteiger partial charge on any atom is 0.234 e. The molecule has 0 radical (unpaired) electrons. The van der Waals surface area contributed by atoms with E-state index in [0.717, 1.165) is 6.54 Å². The van der Waals surface area contributed by atoms with Gasteiger partial charge in [-0.25, -0.2) is 0 Å². The van der Waals surface area contributed by atoms with E-state index in [0.29, 0.717) is 19.1 Å². The number of amides is 1. The molecular weight excluding hydrogens is 256 g/mol. The van der Waals surface area contributed by atoms with Gasteiger partial charge >= 0.3 is 0 Å². The van der Waals surface area contributed by atoms with E-state index < -0.39 is 0 Å². The third-order valence-corrected chi connectivity index (χ3v) is 4.04. The lowest BCUT2D eigenvalue weighted by molar-refractivity contribution is -0.122. The lowest BCUT2D eigenvalue weighted by Crippen LogP contribution is -2.41. The summed E-state index contributed by atoms with van der Waals surface area (Å²) in [5.74, 6) is 0.124. The van der Waals surface area contributed by atoms with Crippen LogP contribution in [0.15, 0.2) is 17.5 Å². The van der Waals surface area contributed by atoms with Crippen LogP contribution in [0.5, 0.6) is 0 Å². The van der Waals surface area contributed by atoms with E-state index >= 15 is 0 Å². The number of thiophene rings is 1. The Labute approximate surface area is 121 Å². The van der Waals surface area contributed by atoms with E-state index in [4.69, 9.17) is 0 Å². The van der Waals surface area contributed by atoms with Crippen molar-refractivity contribution in [1.82, 2.24) is 10.2 Å². The summed E-state index contributed by atoms with van der Waals surface area (Å²) in [6.45, 7) is 8.67. The Hall–Kier alpha value is -0.870. The van der Waals surface area contributed by atoms with Gasteiger partial charge in [-0.1, -0.05) is 25.8 Å². The van der Waals surface area contributed by atoms with Gasteiger partial charge < -0.3 is 5.32 Å². The summed E-state index contributed by atoms with van der Waals surface area (Å²) in [6, 6.07) is 4.48. The SMILES string of the molecule is CCCCCN(CC(=O)NCc1cccs1)C(C)C. The maximum atomic E-state index is 11.9. The molecule has 1 aromatic heterocycles. The van der Waals surface area contributed by atoms with Crippen molar-refractivity contribution in [3.05, 3.63) is 22.4 Å². The van der Waals surface area contributed by atoms with Crippen LogP contribution in [0, 0.1) is 0 Å². The lowest BCUT2D eigenvalue weighted by atomic mass is 10.2. The zero-order valence-electron chi connectivity index (χ0n) is 12.3. The van der Waals surface area contributed by atoms with Gasteiger partial charge in [0.15, 0.2) is 0 Å². The molecule has 0 unspecified atom stereocenters. The number of hydrogen-bond donors (Lipinski definition) is 1. The van der Waals surface area contributed by atoms with E-state index in [2.05, 4.69) is 31.0 Å². The van der Waals surface area contributed by atoms with Crippen molar-refractivity contribution in [2.75, 3.05) is 13.1 Å². The highest BCUT2D eigenvalue weighted by Crippen LogP contribution is 2.07. The first-order chi connectivity index (χ1) is 9.13. The fraction of sp³-hybridized carbons (Fsp3) is 0.667. The Morgan fingerprint density at radius 2 is 2.21 bits per heavy atom. The Balaban J connectivity index is 2.29. The minimum atomic E-state index is 0.124. The van der Waals surface area contributed by atoms with Crippen LogP contribution in [0.25, 0.3) is 0 Å². The highest BCUT2D eigenvalue weighted by atomic mass is 32.1. The summed E-state index contributed by atoms with van der Waals surface area (Å²) in [5.41, 5.74) is 0. The summed E-state index contributed by atoms with van der Waals surface area (Å²) in [5, 5.41) is 5.03. The summed E-state index contributed by atoms with van der Waals surface area (Å²) < 4.78 is 0. The second kappa shape index (κ2) is 9.10. The van der Waals surface area contributed by atoms with Gasteiger partial charge in [-0.15, -0.1) is 11.3 Å². The second-order valence-corrected chi connectivity index (χ2v) is 6.16. The highest BCUT2D eigenvalue weighted by Gasteiger charge is 2.13. The number of rotatable bonds is 9. The van der Waals surface area contributed by atoms with Crippen molar-refractivity contribution >= 4 is 17.2 Å². The number of hydrogen-bond acceptors (Lipinski definition) is 3. The van der Waals surface area contributed by atoms with E-state index in [9.17, 15) is 4.79 Å². The molecule has 0 saturated heterocycles. The number of nitrogens with zero attached hydrogens (tertiary/aromatic N) is 1. The second-order valence-electron chi connectivity index (χ2n) is 5.13. The smallest absolute Gasteiger partial charge is 0.234 e. The van der Waals surface area contributed by atoms with Gasteiger partial charge in [0.1, 0.15) is 0 Å². The van der Waals surface area contributed by atoms with Crippen molar-refractivity contribution in [2.45, 2.75) is 52.6 Å². The summed E-state index contributed by atoms with van der Waals surface area (Å²) in [6.07, 6.45) is 3.63. The van der Waals surface area contributed by atoms with E-state index in [-0.39, 0.29) is 5.91 Å². The Kier molecular flexibility index (Phi) is 7.75. The molecule has 1 aromatic rings. The van der Waals surface area contributed by atoms with Crippen LogP contribution < -0.4 is 5.32 Å². The van der Waals surface area contributed by atoms with Gasteiger partial charge in [-0.2, -0.15) is 0 Å². The molecule has 0 fully saturated rings. The number of unbranched alkanes of at least 4 members (excludes halogenated alkanes) is 2. The first kappa shape index (κ1) is 16.2. The van der Waals surface area contributed by atoms with Crippen LogP contribution >= 0.6 is 11.3 Å². The molecule has 108 valence electrons. The lowest BCUT2D eigenvalue weighted by Gasteiger charge is -2.25. The molecule has 1 amide bonds. The van der Waals surface area contributed by atoms with E-state index in [1.807, 2.05) is 17.5 Å². The molecule has 0 aromatic carbocycles. The van der Waals surface area contributed by atoms with Crippen LogP contribution in [-0.4, -0.2) is 29.9 Å². The topological polar surface area (TPSA) is 32.3 Å². The molecular formula is C15H26N2OS. The molecule has 1 rings (SSSR count). The average Bonchev–Trinajstić information content (AvgIpc) is 2.88. The molecule has 0 atom stereocenters. The molecule has 0 saturated carbocycles. The predicted octanol–water partition coefficient (Wildman–Crippen LogP) is 3.26. The van der Waals surface area contributed by atoms with Crippen molar-refractivity contribution in [1.29, 1.82) is 0 Å².